The van der Waals surface area contributed by atoms with Gasteiger partial charge in [-0.25, -0.2) is 13.4 Å². The molecule has 0 N–H and O–H groups in total. The van der Waals surface area contributed by atoms with Crippen LogP contribution in [0.2, 0.25) is 0 Å². The fraction of sp³-hybridized carbons (Fsp3) is 0.611. The van der Waals surface area contributed by atoms with Crippen LogP contribution >= 0.6 is 22.7 Å². The van der Waals surface area contributed by atoms with Crippen molar-refractivity contribution in [2.45, 2.75) is 75.2 Å². The molecule has 2 rings (SSSR count). The van der Waals surface area contributed by atoms with Crippen molar-refractivity contribution in [2.24, 2.45) is 0 Å². The van der Waals surface area contributed by atoms with E-state index in [-0.39, 0.29) is 5.25 Å². The van der Waals surface area contributed by atoms with E-state index in [1.807, 2.05) is 19.2 Å². The molecule has 0 aromatic carbocycles. The Balaban J connectivity index is 2.00. The van der Waals surface area contributed by atoms with E-state index in [1.165, 1.54) is 16.2 Å². The quantitative estimate of drug-likeness (QED) is 0.591. The van der Waals surface area contributed by atoms with E-state index in [0.717, 1.165) is 22.7 Å². The highest BCUT2D eigenvalue weighted by Gasteiger charge is 2.26. The first-order chi connectivity index (χ1) is 11.3. The van der Waals surface area contributed by atoms with Crippen LogP contribution < -0.4 is 0 Å². The van der Waals surface area contributed by atoms with Gasteiger partial charge in [0, 0.05) is 21.9 Å². The minimum Gasteiger partial charge on any atom is -0.249 e. The lowest BCUT2D eigenvalue weighted by molar-refractivity contribution is 0.562. The highest BCUT2D eigenvalue weighted by atomic mass is 32.2. The molecule has 0 saturated carbocycles. The zero-order valence-electron chi connectivity index (χ0n) is 15.1. The number of aromatic nitrogens is 1. The fourth-order valence-corrected chi connectivity index (χ4v) is 6.50. The summed E-state index contributed by atoms with van der Waals surface area (Å²) in [5, 5.41) is 0.763. The molecule has 2 aromatic heterocycles. The minimum atomic E-state index is -3.23. The third kappa shape index (κ3) is 4.46. The number of nitrogens with zero attached hydrogens (tertiary/aromatic N) is 1. The summed E-state index contributed by atoms with van der Waals surface area (Å²) in [4.78, 5) is 6.90. The standard InChI is InChI=1S/C18H27NO2S3/c1-6-15-11-19-18(22-15)13(4)7-8-14(5)24(20,21)17-10-9-16(23-17)12(2)3/h9-14H,6-8H2,1-5H3. The van der Waals surface area contributed by atoms with Crippen LogP contribution in [0.15, 0.2) is 22.5 Å². The first-order valence-electron chi connectivity index (χ1n) is 8.53. The van der Waals surface area contributed by atoms with Crippen LogP contribution in [0, 0.1) is 0 Å². The van der Waals surface area contributed by atoms with Gasteiger partial charge in [-0.2, -0.15) is 0 Å². The summed E-state index contributed by atoms with van der Waals surface area (Å²) in [6.07, 6.45) is 4.46. The van der Waals surface area contributed by atoms with E-state index in [4.69, 9.17) is 0 Å². The van der Waals surface area contributed by atoms with E-state index < -0.39 is 9.84 Å². The van der Waals surface area contributed by atoms with Gasteiger partial charge in [0.1, 0.15) is 4.21 Å². The number of thiazole rings is 1. The van der Waals surface area contributed by atoms with Crippen LogP contribution in [-0.2, 0) is 16.3 Å². The topological polar surface area (TPSA) is 47.0 Å². The molecule has 0 aliphatic heterocycles. The number of sulfone groups is 1. The van der Waals surface area contributed by atoms with Crippen LogP contribution in [0.5, 0.6) is 0 Å². The molecule has 0 aliphatic carbocycles. The molecule has 0 saturated heterocycles. The van der Waals surface area contributed by atoms with Gasteiger partial charge in [-0.3, -0.25) is 0 Å². The Morgan fingerprint density at radius 2 is 1.79 bits per heavy atom. The zero-order valence-corrected chi connectivity index (χ0v) is 17.5. The summed E-state index contributed by atoms with van der Waals surface area (Å²) in [5.41, 5.74) is 0. The predicted molar refractivity (Wildman–Crippen MR) is 104 cm³/mol. The van der Waals surface area contributed by atoms with Crippen LogP contribution in [0.3, 0.4) is 0 Å². The third-order valence-electron chi connectivity index (χ3n) is 4.33. The normalized spacial score (nSPS) is 14.9. The van der Waals surface area contributed by atoms with Crippen LogP contribution in [0.1, 0.15) is 74.1 Å². The van der Waals surface area contributed by atoms with Crippen LogP contribution in [-0.4, -0.2) is 18.7 Å². The van der Waals surface area contributed by atoms with Crippen LogP contribution in [0.25, 0.3) is 0 Å². The van der Waals surface area contributed by atoms with Crippen molar-refractivity contribution in [3.05, 3.63) is 33.1 Å². The first kappa shape index (κ1) is 19.6. The second-order valence-corrected chi connectivity index (χ2v) is 11.5. The maximum absolute atomic E-state index is 12.8. The van der Waals surface area contributed by atoms with Gasteiger partial charge in [-0.1, -0.05) is 27.7 Å². The number of rotatable bonds is 8. The van der Waals surface area contributed by atoms with Gasteiger partial charge in [0.05, 0.1) is 10.3 Å². The largest absolute Gasteiger partial charge is 0.249 e. The second-order valence-electron chi connectivity index (χ2n) is 6.66. The van der Waals surface area contributed by atoms with Gasteiger partial charge in [0.2, 0.25) is 0 Å². The van der Waals surface area contributed by atoms with Crippen molar-refractivity contribution >= 4 is 32.5 Å². The molecule has 134 valence electrons. The number of hydrogen-bond acceptors (Lipinski definition) is 5. The van der Waals surface area contributed by atoms with Crippen LogP contribution in [0.4, 0.5) is 0 Å². The van der Waals surface area contributed by atoms with E-state index in [2.05, 4.69) is 32.7 Å². The average Bonchev–Trinajstić information content (AvgIpc) is 3.20. The van der Waals surface area contributed by atoms with Gasteiger partial charge in [0.25, 0.3) is 0 Å². The molecule has 24 heavy (non-hydrogen) atoms. The highest BCUT2D eigenvalue weighted by Crippen LogP contribution is 2.32. The summed E-state index contributed by atoms with van der Waals surface area (Å²) in [5.74, 6) is 0.675. The predicted octanol–water partition coefficient (Wildman–Crippen LogP) is 5.64. The van der Waals surface area contributed by atoms with Crippen molar-refractivity contribution in [2.75, 3.05) is 0 Å². The second kappa shape index (κ2) is 8.11. The van der Waals surface area contributed by atoms with Gasteiger partial charge in [0.15, 0.2) is 9.84 Å². The molecule has 3 nitrogen and oxygen atoms in total. The monoisotopic (exact) mass is 385 g/mol. The van der Waals surface area contributed by atoms with Gasteiger partial charge in [-0.15, -0.1) is 22.7 Å². The van der Waals surface area contributed by atoms with Gasteiger partial charge in [-0.05, 0) is 44.2 Å². The lowest BCUT2D eigenvalue weighted by Gasteiger charge is -2.14. The molecule has 2 unspecified atom stereocenters. The molecule has 0 fully saturated rings. The van der Waals surface area contributed by atoms with Gasteiger partial charge >= 0.3 is 0 Å². The molecule has 2 atom stereocenters. The molecule has 2 heterocycles. The van der Waals surface area contributed by atoms with Gasteiger partial charge < -0.3 is 0 Å². The molecular formula is C18H27NO2S3. The zero-order chi connectivity index (χ0) is 17.9. The fourth-order valence-electron chi connectivity index (χ4n) is 2.47. The van der Waals surface area contributed by atoms with E-state index >= 15 is 0 Å². The first-order valence-corrected chi connectivity index (χ1v) is 11.7. The van der Waals surface area contributed by atoms with Crippen molar-refractivity contribution in [1.29, 1.82) is 0 Å². The molecular weight excluding hydrogens is 358 g/mol. The highest BCUT2D eigenvalue weighted by molar-refractivity contribution is 7.94. The molecule has 0 radical (unpaired) electrons. The Bertz CT molecular complexity index is 759. The Morgan fingerprint density at radius 1 is 1.08 bits per heavy atom. The molecule has 0 bridgehead atoms. The van der Waals surface area contributed by atoms with E-state index in [9.17, 15) is 8.42 Å². The lowest BCUT2D eigenvalue weighted by atomic mass is 10.1. The molecule has 0 aliphatic rings. The number of aryl methyl sites for hydroxylation is 1. The van der Waals surface area contributed by atoms with E-state index in [1.54, 1.807) is 17.4 Å². The molecule has 2 aromatic rings. The van der Waals surface area contributed by atoms with Crippen molar-refractivity contribution in [3.8, 4) is 0 Å². The Hall–Kier alpha value is -0.720. The van der Waals surface area contributed by atoms with Crippen molar-refractivity contribution in [3.63, 3.8) is 0 Å². The summed E-state index contributed by atoms with van der Waals surface area (Å²) < 4.78 is 26.0. The maximum Gasteiger partial charge on any atom is 0.190 e. The average molecular weight is 386 g/mol. The maximum atomic E-state index is 12.8. The van der Waals surface area contributed by atoms with Crippen molar-refractivity contribution in [1.82, 2.24) is 4.98 Å². The third-order valence-corrected chi connectivity index (χ3v) is 9.82. The van der Waals surface area contributed by atoms with E-state index in [0.29, 0.717) is 22.5 Å². The Morgan fingerprint density at radius 3 is 2.33 bits per heavy atom. The lowest BCUT2D eigenvalue weighted by Crippen LogP contribution is -2.17. The SMILES string of the molecule is CCc1cnc(C(C)CCC(C)S(=O)(=O)c2ccc(C(C)C)s2)s1. The van der Waals surface area contributed by atoms with Crippen molar-refractivity contribution < 1.29 is 8.42 Å². The minimum absolute atomic E-state index is 0.308. The summed E-state index contributed by atoms with van der Waals surface area (Å²) >= 11 is 3.16. The number of hydrogen-bond donors (Lipinski definition) is 0. The molecule has 0 spiro atoms. The molecule has 6 heteroatoms. The summed E-state index contributed by atoms with van der Waals surface area (Å²) in [6.45, 7) is 10.3. The molecule has 0 amide bonds. The summed E-state index contributed by atoms with van der Waals surface area (Å²) in [6, 6.07) is 3.71. The number of thiophene rings is 1. The Kier molecular flexibility index (Phi) is 6.62. The smallest absolute Gasteiger partial charge is 0.190 e. The Labute approximate surface area is 154 Å². The summed E-state index contributed by atoms with van der Waals surface area (Å²) in [7, 11) is -3.23.